The highest BCUT2D eigenvalue weighted by Crippen LogP contribution is 2.15. The van der Waals surface area contributed by atoms with E-state index in [0.717, 1.165) is 19.8 Å². The summed E-state index contributed by atoms with van der Waals surface area (Å²) in [7, 11) is -1.25. The Morgan fingerprint density at radius 3 is 2.70 bits per heavy atom. The van der Waals surface area contributed by atoms with Gasteiger partial charge in [-0.1, -0.05) is 0 Å². The Kier molecular flexibility index (Phi) is 2.89. The van der Waals surface area contributed by atoms with Gasteiger partial charge in [0.05, 0.1) is 13.2 Å². The molecule has 0 atom stereocenters. The standard InChI is InChI=1S/C7H16O2Si/c1-10(2)7-3-4-8-5-6-9-10/h3-7H2,1-2H3. The number of hydrogen-bond acceptors (Lipinski definition) is 2. The predicted octanol–water partition coefficient (Wildman–Crippen LogP) is 1.63. The Labute approximate surface area is 63.7 Å². The smallest absolute Gasteiger partial charge is 0.186 e. The average Bonchev–Trinajstić information content (AvgIpc) is 1.81. The molecule has 0 amide bonds. The van der Waals surface area contributed by atoms with Crippen LogP contribution >= 0.6 is 0 Å². The maximum Gasteiger partial charge on any atom is 0.186 e. The number of rotatable bonds is 0. The van der Waals surface area contributed by atoms with Crippen molar-refractivity contribution < 1.29 is 9.16 Å². The SMILES string of the molecule is C[Si]1(C)CCCOCCO1. The van der Waals surface area contributed by atoms with Crippen molar-refractivity contribution in [3.05, 3.63) is 0 Å². The lowest BCUT2D eigenvalue weighted by molar-refractivity contribution is 0.0875. The molecule has 1 aliphatic heterocycles. The van der Waals surface area contributed by atoms with Crippen LogP contribution in [-0.4, -0.2) is 28.1 Å². The molecule has 3 heteroatoms. The minimum absolute atomic E-state index is 0.788. The monoisotopic (exact) mass is 160 g/mol. The second kappa shape index (κ2) is 3.51. The number of ether oxygens (including phenoxy) is 1. The fraction of sp³-hybridized carbons (Fsp3) is 1.00. The molecule has 1 aliphatic rings. The Hall–Kier alpha value is 0.137. The van der Waals surface area contributed by atoms with Crippen molar-refractivity contribution in [3.63, 3.8) is 0 Å². The van der Waals surface area contributed by atoms with Crippen molar-refractivity contribution in [1.29, 1.82) is 0 Å². The van der Waals surface area contributed by atoms with E-state index < -0.39 is 8.32 Å². The van der Waals surface area contributed by atoms with Gasteiger partial charge in [0.1, 0.15) is 0 Å². The van der Waals surface area contributed by atoms with E-state index in [1.54, 1.807) is 0 Å². The van der Waals surface area contributed by atoms with E-state index in [-0.39, 0.29) is 0 Å². The maximum absolute atomic E-state index is 5.68. The highest BCUT2D eigenvalue weighted by molar-refractivity contribution is 6.71. The summed E-state index contributed by atoms with van der Waals surface area (Å²) in [6.45, 7) is 7.08. The summed E-state index contributed by atoms with van der Waals surface area (Å²) in [6.07, 6.45) is 1.18. The van der Waals surface area contributed by atoms with Crippen LogP contribution in [0, 0.1) is 0 Å². The molecule has 1 heterocycles. The van der Waals surface area contributed by atoms with Crippen LogP contribution in [0.3, 0.4) is 0 Å². The largest absolute Gasteiger partial charge is 0.415 e. The molecule has 0 spiro atoms. The maximum atomic E-state index is 5.68. The van der Waals surface area contributed by atoms with E-state index in [4.69, 9.17) is 9.16 Å². The number of hydrogen-bond donors (Lipinski definition) is 0. The summed E-state index contributed by atoms with van der Waals surface area (Å²) >= 11 is 0. The zero-order valence-corrected chi connectivity index (χ0v) is 7.85. The van der Waals surface area contributed by atoms with Crippen molar-refractivity contribution in [2.75, 3.05) is 19.8 Å². The molecule has 0 aromatic carbocycles. The minimum atomic E-state index is -1.25. The third kappa shape index (κ3) is 2.81. The third-order valence-corrected chi connectivity index (χ3v) is 4.33. The van der Waals surface area contributed by atoms with Crippen molar-refractivity contribution in [2.45, 2.75) is 25.6 Å². The van der Waals surface area contributed by atoms with E-state index in [2.05, 4.69) is 13.1 Å². The van der Waals surface area contributed by atoms with Crippen molar-refractivity contribution in [1.82, 2.24) is 0 Å². The average molecular weight is 160 g/mol. The van der Waals surface area contributed by atoms with Gasteiger partial charge in [-0.15, -0.1) is 0 Å². The Balaban J connectivity index is 2.30. The van der Waals surface area contributed by atoms with Crippen LogP contribution in [0.15, 0.2) is 0 Å². The van der Waals surface area contributed by atoms with E-state index in [9.17, 15) is 0 Å². The molecule has 1 fully saturated rings. The zero-order valence-electron chi connectivity index (χ0n) is 6.85. The molecule has 0 unspecified atom stereocenters. The first-order valence-corrected chi connectivity index (χ1v) is 7.04. The van der Waals surface area contributed by atoms with Gasteiger partial charge in [0.15, 0.2) is 8.32 Å². The van der Waals surface area contributed by atoms with Gasteiger partial charge in [-0.05, 0) is 25.6 Å². The van der Waals surface area contributed by atoms with Gasteiger partial charge in [-0.2, -0.15) is 0 Å². The minimum Gasteiger partial charge on any atom is -0.415 e. The molecule has 0 radical (unpaired) electrons. The molecular formula is C7H16O2Si. The Morgan fingerprint density at radius 1 is 1.10 bits per heavy atom. The third-order valence-electron chi connectivity index (χ3n) is 1.79. The summed E-state index contributed by atoms with van der Waals surface area (Å²) in [6, 6.07) is 1.24. The van der Waals surface area contributed by atoms with Gasteiger partial charge >= 0.3 is 0 Å². The summed E-state index contributed by atoms with van der Waals surface area (Å²) in [5.74, 6) is 0. The van der Waals surface area contributed by atoms with Gasteiger partial charge < -0.3 is 9.16 Å². The molecule has 0 bridgehead atoms. The van der Waals surface area contributed by atoms with Crippen LogP contribution in [0.5, 0.6) is 0 Å². The van der Waals surface area contributed by atoms with Crippen molar-refractivity contribution >= 4 is 8.32 Å². The van der Waals surface area contributed by atoms with E-state index in [1.807, 2.05) is 0 Å². The van der Waals surface area contributed by atoms with Gasteiger partial charge in [-0.25, -0.2) is 0 Å². The van der Waals surface area contributed by atoms with Crippen molar-refractivity contribution in [3.8, 4) is 0 Å². The van der Waals surface area contributed by atoms with Crippen LogP contribution in [0.2, 0.25) is 19.1 Å². The summed E-state index contributed by atoms with van der Waals surface area (Å²) in [5.41, 5.74) is 0. The van der Waals surface area contributed by atoms with Gasteiger partial charge in [0, 0.05) is 6.61 Å². The first-order valence-electron chi connectivity index (χ1n) is 3.92. The molecule has 1 saturated heterocycles. The molecule has 0 aromatic heterocycles. The van der Waals surface area contributed by atoms with Gasteiger partial charge in [-0.3, -0.25) is 0 Å². The van der Waals surface area contributed by atoms with Crippen LogP contribution in [0.4, 0.5) is 0 Å². The molecule has 0 aromatic rings. The predicted molar refractivity (Wildman–Crippen MR) is 43.7 cm³/mol. The lowest BCUT2D eigenvalue weighted by Gasteiger charge is -2.25. The topological polar surface area (TPSA) is 18.5 Å². The van der Waals surface area contributed by atoms with E-state index >= 15 is 0 Å². The summed E-state index contributed by atoms with van der Waals surface area (Å²) < 4.78 is 10.9. The molecular weight excluding hydrogens is 144 g/mol. The highest BCUT2D eigenvalue weighted by Gasteiger charge is 2.22. The normalized spacial score (nSPS) is 27.0. The molecule has 60 valence electrons. The van der Waals surface area contributed by atoms with E-state index in [0.29, 0.717) is 0 Å². The summed E-state index contributed by atoms with van der Waals surface area (Å²) in [4.78, 5) is 0. The van der Waals surface area contributed by atoms with Gasteiger partial charge in [0.25, 0.3) is 0 Å². The summed E-state index contributed by atoms with van der Waals surface area (Å²) in [5, 5.41) is 0. The second-order valence-corrected chi connectivity index (χ2v) is 7.63. The molecule has 2 nitrogen and oxygen atoms in total. The molecule has 0 saturated carbocycles. The van der Waals surface area contributed by atoms with Crippen molar-refractivity contribution in [2.24, 2.45) is 0 Å². The van der Waals surface area contributed by atoms with Gasteiger partial charge in [0.2, 0.25) is 0 Å². The van der Waals surface area contributed by atoms with Crippen LogP contribution in [0.25, 0.3) is 0 Å². The molecule has 0 aliphatic carbocycles. The fourth-order valence-corrected chi connectivity index (χ4v) is 2.93. The van der Waals surface area contributed by atoms with Crippen LogP contribution in [0.1, 0.15) is 6.42 Å². The first-order chi connectivity index (χ1) is 4.71. The Morgan fingerprint density at radius 2 is 1.90 bits per heavy atom. The quantitative estimate of drug-likeness (QED) is 0.501. The molecule has 0 N–H and O–H groups in total. The Bertz CT molecular complexity index is 93.8. The molecule has 1 rings (SSSR count). The van der Waals surface area contributed by atoms with Crippen LogP contribution < -0.4 is 0 Å². The van der Waals surface area contributed by atoms with Crippen LogP contribution in [-0.2, 0) is 9.16 Å². The first kappa shape index (κ1) is 8.24. The van der Waals surface area contributed by atoms with E-state index in [1.165, 1.54) is 12.5 Å². The molecule has 10 heavy (non-hydrogen) atoms. The zero-order chi connectivity index (χ0) is 7.45. The second-order valence-electron chi connectivity index (χ2n) is 3.32. The fourth-order valence-electron chi connectivity index (χ4n) is 1.15. The highest BCUT2D eigenvalue weighted by atomic mass is 28.4. The lowest BCUT2D eigenvalue weighted by Crippen LogP contribution is -2.33. The lowest BCUT2D eigenvalue weighted by atomic mass is 10.5.